The number of rotatable bonds is 6. The van der Waals surface area contributed by atoms with Gasteiger partial charge in [0.05, 0.1) is 18.7 Å². The van der Waals surface area contributed by atoms with Crippen LogP contribution in [0, 0.1) is 5.92 Å². The summed E-state index contributed by atoms with van der Waals surface area (Å²) in [7, 11) is 0. The molecule has 1 unspecified atom stereocenters. The molecule has 2 aliphatic rings. The van der Waals surface area contributed by atoms with E-state index in [1.54, 1.807) is 23.4 Å². The first-order valence-corrected chi connectivity index (χ1v) is 9.47. The van der Waals surface area contributed by atoms with E-state index < -0.39 is 0 Å². The van der Waals surface area contributed by atoms with Crippen LogP contribution in [0.4, 0.5) is 5.82 Å². The molecular formula is C20H24N4O3. The number of likely N-dealkylation sites (tertiary alicyclic amines) is 1. The Labute approximate surface area is 158 Å². The van der Waals surface area contributed by atoms with Crippen molar-refractivity contribution in [2.45, 2.75) is 32.4 Å². The lowest BCUT2D eigenvalue weighted by molar-refractivity contribution is -0.129. The van der Waals surface area contributed by atoms with Crippen molar-refractivity contribution in [3.63, 3.8) is 0 Å². The van der Waals surface area contributed by atoms with Crippen LogP contribution in [0.5, 0.6) is 0 Å². The normalized spacial score (nSPS) is 19.7. The summed E-state index contributed by atoms with van der Waals surface area (Å²) >= 11 is 0. The van der Waals surface area contributed by atoms with Crippen molar-refractivity contribution in [1.29, 1.82) is 0 Å². The Hall–Kier alpha value is -2.83. The molecule has 2 amide bonds. The second-order valence-electron chi connectivity index (χ2n) is 7.19. The van der Waals surface area contributed by atoms with Crippen LogP contribution >= 0.6 is 0 Å². The predicted molar refractivity (Wildman–Crippen MR) is 99.8 cm³/mol. The minimum atomic E-state index is -0.313. The molecule has 7 heteroatoms. The van der Waals surface area contributed by atoms with Crippen molar-refractivity contribution in [3.05, 3.63) is 48.0 Å². The van der Waals surface area contributed by atoms with E-state index in [2.05, 4.69) is 15.2 Å². The maximum atomic E-state index is 12.5. The number of carbonyl (C=O) groups is 2. The zero-order chi connectivity index (χ0) is 18.6. The van der Waals surface area contributed by atoms with Gasteiger partial charge in [0.1, 0.15) is 11.6 Å². The van der Waals surface area contributed by atoms with Gasteiger partial charge in [0, 0.05) is 38.8 Å². The van der Waals surface area contributed by atoms with Gasteiger partial charge in [-0.15, -0.1) is 0 Å². The number of amides is 2. The second-order valence-corrected chi connectivity index (χ2v) is 7.19. The fourth-order valence-electron chi connectivity index (χ4n) is 3.71. The molecule has 142 valence electrons. The molecule has 4 rings (SSSR count). The summed E-state index contributed by atoms with van der Waals surface area (Å²) in [5.74, 6) is 1.31. The van der Waals surface area contributed by atoms with E-state index in [9.17, 15) is 9.59 Å². The van der Waals surface area contributed by atoms with E-state index in [0.29, 0.717) is 19.6 Å². The smallest absolute Gasteiger partial charge is 0.225 e. The van der Waals surface area contributed by atoms with Crippen LogP contribution < -0.4 is 10.2 Å². The maximum absolute atomic E-state index is 12.5. The lowest BCUT2D eigenvalue weighted by Crippen LogP contribution is -2.32. The molecule has 7 nitrogen and oxygen atoms in total. The summed E-state index contributed by atoms with van der Waals surface area (Å²) in [6.07, 6.45) is 6.03. The Bertz CT molecular complexity index is 799. The first-order valence-electron chi connectivity index (χ1n) is 9.47. The van der Waals surface area contributed by atoms with Crippen LogP contribution in [0.2, 0.25) is 0 Å². The zero-order valence-electron chi connectivity index (χ0n) is 15.3. The van der Waals surface area contributed by atoms with Gasteiger partial charge in [-0.05, 0) is 42.7 Å². The highest BCUT2D eigenvalue weighted by molar-refractivity contribution is 5.89. The minimum Gasteiger partial charge on any atom is -0.467 e. The van der Waals surface area contributed by atoms with Crippen LogP contribution in [0.25, 0.3) is 0 Å². The van der Waals surface area contributed by atoms with E-state index in [4.69, 9.17) is 4.42 Å². The van der Waals surface area contributed by atoms with Gasteiger partial charge >= 0.3 is 0 Å². The fraction of sp³-hybridized carbons (Fsp3) is 0.450. The lowest BCUT2D eigenvalue weighted by atomic mass is 10.1. The largest absolute Gasteiger partial charge is 0.467 e. The number of nitrogens with one attached hydrogen (secondary N) is 1. The molecule has 0 spiro atoms. The molecule has 0 aromatic carbocycles. The van der Waals surface area contributed by atoms with Crippen LogP contribution in [-0.2, 0) is 22.7 Å². The standard InChI is InChI=1S/C20H24N4O3/c25-19-11-16(13-24(19)14-17-4-3-9-27-17)20(26)22-12-15-5-6-21-18(10-15)23-7-1-2-8-23/h3-6,9-10,16H,1-2,7-8,11-14H2,(H,22,26). The number of aromatic nitrogens is 1. The number of carbonyl (C=O) groups excluding carboxylic acids is 2. The zero-order valence-corrected chi connectivity index (χ0v) is 15.3. The molecule has 2 saturated heterocycles. The average Bonchev–Trinajstić information content (AvgIpc) is 3.43. The molecule has 0 saturated carbocycles. The molecule has 4 heterocycles. The van der Waals surface area contributed by atoms with Crippen LogP contribution in [0.3, 0.4) is 0 Å². The van der Waals surface area contributed by atoms with Gasteiger partial charge in [0.25, 0.3) is 0 Å². The van der Waals surface area contributed by atoms with Crippen molar-refractivity contribution < 1.29 is 14.0 Å². The van der Waals surface area contributed by atoms with Crippen molar-refractivity contribution in [2.24, 2.45) is 5.92 Å². The number of anilines is 1. The van der Waals surface area contributed by atoms with E-state index in [-0.39, 0.29) is 24.2 Å². The van der Waals surface area contributed by atoms with Crippen molar-refractivity contribution in [3.8, 4) is 0 Å². The Morgan fingerprint density at radius 2 is 2.15 bits per heavy atom. The van der Waals surface area contributed by atoms with Gasteiger partial charge < -0.3 is 19.5 Å². The number of furan rings is 1. The summed E-state index contributed by atoms with van der Waals surface area (Å²) in [6.45, 7) is 3.38. The van der Waals surface area contributed by atoms with Gasteiger partial charge in [-0.25, -0.2) is 4.98 Å². The Morgan fingerprint density at radius 1 is 1.30 bits per heavy atom. The number of pyridine rings is 1. The number of nitrogens with zero attached hydrogens (tertiary/aromatic N) is 3. The summed E-state index contributed by atoms with van der Waals surface area (Å²) < 4.78 is 5.29. The topological polar surface area (TPSA) is 78.7 Å². The highest BCUT2D eigenvalue weighted by atomic mass is 16.3. The molecule has 2 aromatic rings. The van der Waals surface area contributed by atoms with E-state index in [1.807, 2.05) is 18.2 Å². The van der Waals surface area contributed by atoms with Crippen molar-refractivity contribution in [1.82, 2.24) is 15.2 Å². The Kier molecular flexibility index (Phi) is 5.09. The fourth-order valence-corrected chi connectivity index (χ4v) is 3.71. The van der Waals surface area contributed by atoms with Crippen LogP contribution in [0.15, 0.2) is 41.1 Å². The monoisotopic (exact) mass is 368 g/mol. The van der Waals surface area contributed by atoms with Crippen LogP contribution in [-0.4, -0.2) is 41.3 Å². The van der Waals surface area contributed by atoms with Crippen molar-refractivity contribution >= 4 is 17.6 Å². The van der Waals surface area contributed by atoms with Gasteiger partial charge in [-0.3, -0.25) is 9.59 Å². The summed E-state index contributed by atoms with van der Waals surface area (Å²) in [5, 5.41) is 2.97. The Morgan fingerprint density at radius 3 is 2.93 bits per heavy atom. The first-order chi connectivity index (χ1) is 13.2. The van der Waals surface area contributed by atoms with Gasteiger partial charge in [-0.2, -0.15) is 0 Å². The van der Waals surface area contributed by atoms with Crippen molar-refractivity contribution in [2.75, 3.05) is 24.5 Å². The molecule has 0 radical (unpaired) electrons. The third-order valence-electron chi connectivity index (χ3n) is 5.22. The maximum Gasteiger partial charge on any atom is 0.225 e. The molecule has 27 heavy (non-hydrogen) atoms. The molecule has 1 atom stereocenters. The van der Waals surface area contributed by atoms with Gasteiger partial charge in [0.15, 0.2) is 0 Å². The predicted octanol–water partition coefficient (Wildman–Crippen LogP) is 1.94. The van der Waals surface area contributed by atoms with E-state index in [0.717, 1.165) is 30.2 Å². The molecular weight excluding hydrogens is 344 g/mol. The Balaban J connectivity index is 1.30. The van der Waals surface area contributed by atoms with E-state index in [1.165, 1.54) is 12.8 Å². The summed E-state index contributed by atoms with van der Waals surface area (Å²) in [6, 6.07) is 7.59. The third kappa shape index (κ3) is 4.13. The van der Waals surface area contributed by atoms with Gasteiger partial charge in [-0.1, -0.05) is 0 Å². The molecule has 0 aliphatic carbocycles. The average molecular weight is 368 g/mol. The van der Waals surface area contributed by atoms with Crippen LogP contribution in [0.1, 0.15) is 30.6 Å². The molecule has 2 fully saturated rings. The summed E-state index contributed by atoms with van der Waals surface area (Å²) in [5.41, 5.74) is 1.03. The quantitative estimate of drug-likeness (QED) is 0.843. The van der Waals surface area contributed by atoms with Gasteiger partial charge in [0.2, 0.25) is 11.8 Å². The SMILES string of the molecule is O=C(NCc1ccnc(N2CCCC2)c1)C1CC(=O)N(Cc2ccco2)C1. The number of hydrogen-bond donors (Lipinski definition) is 1. The second kappa shape index (κ2) is 7.82. The summed E-state index contributed by atoms with van der Waals surface area (Å²) in [4.78, 5) is 33.1. The highest BCUT2D eigenvalue weighted by Gasteiger charge is 2.34. The highest BCUT2D eigenvalue weighted by Crippen LogP contribution is 2.21. The minimum absolute atomic E-state index is 0.00761. The molecule has 2 aliphatic heterocycles. The molecule has 2 aromatic heterocycles. The molecule has 0 bridgehead atoms. The number of hydrogen-bond acceptors (Lipinski definition) is 5. The third-order valence-corrected chi connectivity index (χ3v) is 5.22. The lowest BCUT2D eigenvalue weighted by Gasteiger charge is -2.17. The molecule has 1 N–H and O–H groups in total. The first kappa shape index (κ1) is 17.6. The van der Waals surface area contributed by atoms with E-state index >= 15 is 0 Å².